The van der Waals surface area contributed by atoms with Gasteiger partial charge in [0.25, 0.3) is 11.8 Å². The van der Waals surface area contributed by atoms with Crippen LogP contribution < -0.4 is 15.5 Å². The van der Waals surface area contributed by atoms with E-state index in [-0.39, 0.29) is 11.1 Å². The maximum Gasteiger partial charge on any atom is 0.322 e. The molecule has 2 aromatic rings. The van der Waals surface area contributed by atoms with E-state index in [0.717, 1.165) is 29.1 Å². The Kier molecular flexibility index (Phi) is 5.93. The van der Waals surface area contributed by atoms with Gasteiger partial charge in [-0.15, -0.1) is 0 Å². The number of pyridine rings is 1. The highest BCUT2D eigenvalue weighted by Gasteiger charge is 2.52. The van der Waals surface area contributed by atoms with Crippen molar-refractivity contribution in [3.8, 4) is 5.75 Å². The number of halogens is 1. The maximum absolute atomic E-state index is 15.2. The number of amides is 4. The third kappa shape index (κ3) is 3.82. The normalized spacial score (nSPS) is 20.5. The third-order valence-corrected chi connectivity index (χ3v) is 6.56. The van der Waals surface area contributed by atoms with E-state index in [1.807, 2.05) is 13.8 Å². The fraction of sp³-hybridized carbons (Fsp3) is 0.417. The number of nitrogens with zero attached hydrogens (tertiary/aromatic N) is 3. The zero-order valence-electron chi connectivity index (χ0n) is 19.6. The van der Waals surface area contributed by atoms with E-state index >= 15 is 4.39 Å². The fourth-order valence-electron chi connectivity index (χ4n) is 4.75. The number of urea groups is 1. The number of carbonyl (C=O) groups excluding carboxylic acids is 3. The van der Waals surface area contributed by atoms with Crippen molar-refractivity contribution in [3.05, 3.63) is 52.5 Å². The molecule has 1 atom stereocenters. The molecule has 0 bridgehead atoms. The Morgan fingerprint density at radius 2 is 1.82 bits per heavy atom. The van der Waals surface area contributed by atoms with E-state index in [1.54, 1.807) is 20.0 Å². The topological polar surface area (TPSA) is 115 Å². The lowest BCUT2D eigenvalue weighted by Gasteiger charge is -2.36. The first-order chi connectivity index (χ1) is 16.0. The van der Waals surface area contributed by atoms with E-state index < -0.39 is 40.9 Å². The van der Waals surface area contributed by atoms with E-state index in [2.05, 4.69) is 26.6 Å². The number of aryl methyl sites for hydroxylation is 2. The van der Waals surface area contributed by atoms with Gasteiger partial charge in [0.05, 0.1) is 5.56 Å². The number of piperazine rings is 1. The lowest BCUT2D eigenvalue weighted by Crippen LogP contribution is -2.49. The molecule has 0 radical (unpaired) electrons. The molecule has 2 aliphatic rings. The Labute approximate surface area is 197 Å². The number of carbonyl (C=O) groups is 3. The zero-order valence-corrected chi connectivity index (χ0v) is 19.6. The van der Waals surface area contributed by atoms with Crippen molar-refractivity contribution in [1.82, 2.24) is 20.5 Å². The summed E-state index contributed by atoms with van der Waals surface area (Å²) in [4.78, 5) is 45.6. The summed E-state index contributed by atoms with van der Waals surface area (Å²) in [6.07, 6.45) is 1.80. The molecule has 1 aromatic heterocycles. The lowest BCUT2D eigenvalue weighted by atomic mass is 9.79. The molecule has 34 heavy (non-hydrogen) atoms. The molecule has 1 aromatic carbocycles. The summed E-state index contributed by atoms with van der Waals surface area (Å²) in [6, 6.07) is 3.32. The molecule has 0 aliphatic carbocycles. The first kappa shape index (κ1) is 23.5. The van der Waals surface area contributed by atoms with Crippen LogP contribution in [0.2, 0.25) is 0 Å². The summed E-state index contributed by atoms with van der Waals surface area (Å²) < 4.78 is 15.2. The van der Waals surface area contributed by atoms with Crippen LogP contribution in [-0.2, 0) is 10.3 Å². The smallest absolute Gasteiger partial charge is 0.322 e. The minimum Gasteiger partial charge on any atom is -0.508 e. The van der Waals surface area contributed by atoms with Gasteiger partial charge in [0.15, 0.2) is 5.54 Å². The lowest BCUT2D eigenvalue weighted by molar-refractivity contribution is -0.125. The van der Waals surface area contributed by atoms with E-state index in [4.69, 9.17) is 0 Å². The second kappa shape index (κ2) is 8.58. The number of phenols is 1. The summed E-state index contributed by atoms with van der Waals surface area (Å²) in [6.45, 7) is 9.12. The molecular weight excluding hydrogens is 441 g/mol. The SMILES string of the molecule is Cc1cnc(N2CCN(C(=O)c3cc(O)c(C4(C(C)C)NC(=O)NC4=O)cc3F)CC2)c(C)c1. The van der Waals surface area contributed by atoms with Crippen LogP contribution in [0, 0.1) is 25.6 Å². The number of phenolic OH excluding ortho intramolecular Hbond substituents is 1. The predicted octanol–water partition coefficient (Wildman–Crippen LogP) is 2.20. The van der Waals surface area contributed by atoms with E-state index in [9.17, 15) is 19.5 Å². The van der Waals surface area contributed by atoms with Gasteiger partial charge in [-0.3, -0.25) is 14.9 Å². The van der Waals surface area contributed by atoms with Crippen LogP contribution in [-0.4, -0.2) is 59.0 Å². The number of aromatic hydroxyl groups is 1. The minimum absolute atomic E-state index is 0.0920. The van der Waals surface area contributed by atoms with Crippen molar-refractivity contribution in [2.45, 2.75) is 33.2 Å². The molecule has 2 saturated heterocycles. The third-order valence-electron chi connectivity index (χ3n) is 6.56. The Balaban J connectivity index is 1.55. The molecule has 9 nitrogen and oxygen atoms in total. The molecule has 3 N–H and O–H groups in total. The van der Waals surface area contributed by atoms with Gasteiger partial charge in [0, 0.05) is 37.9 Å². The molecule has 4 rings (SSSR count). The number of hydrogen-bond donors (Lipinski definition) is 3. The van der Waals surface area contributed by atoms with E-state index in [0.29, 0.717) is 26.2 Å². The van der Waals surface area contributed by atoms with Gasteiger partial charge in [-0.2, -0.15) is 0 Å². The molecule has 180 valence electrons. The number of anilines is 1. The fourth-order valence-corrected chi connectivity index (χ4v) is 4.75. The molecular formula is C24H28FN5O4. The number of rotatable bonds is 4. The van der Waals surface area contributed by atoms with Crippen LogP contribution in [0.15, 0.2) is 24.4 Å². The van der Waals surface area contributed by atoms with Gasteiger partial charge in [0.2, 0.25) is 0 Å². The highest BCUT2D eigenvalue weighted by atomic mass is 19.1. The maximum atomic E-state index is 15.2. The van der Waals surface area contributed by atoms with Gasteiger partial charge in [-0.25, -0.2) is 14.2 Å². The van der Waals surface area contributed by atoms with Crippen molar-refractivity contribution in [2.75, 3.05) is 31.1 Å². The van der Waals surface area contributed by atoms with Crippen LogP contribution in [0.25, 0.3) is 0 Å². The molecule has 3 heterocycles. The summed E-state index contributed by atoms with van der Waals surface area (Å²) >= 11 is 0. The van der Waals surface area contributed by atoms with Crippen LogP contribution in [0.1, 0.15) is 40.9 Å². The number of benzene rings is 1. The number of imide groups is 1. The molecule has 0 saturated carbocycles. The molecule has 1 unspecified atom stereocenters. The second-order valence-corrected chi connectivity index (χ2v) is 9.15. The summed E-state index contributed by atoms with van der Waals surface area (Å²) in [5.74, 6) is -2.16. The van der Waals surface area contributed by atoms with Crippen molar-refractivity contribution >= 4 is 23.7 Å². The number of nitrogens with one attached hydrogen (secondary N) is 2. The molecule has 4 amide bonds. The summed E-state index contributed by atoms with van der Waals surface area (Å²) in [7, 11) is 0. The first-order valence-corrected chi connectivity index (χ1v) is 11.2. The Morgan fingerprint density at radius 3 is 2.38 bits per heavy atom. The number of hydrogen-bond acceptors (Lipinski definition) is 6. The molecule has 2 aliphatic heterocycles. The van der Waals surface area contributed by atoms with E-state index in [1.165, 1.54) is 4.90 Å². The Hall–Kier alpha value is -3.69. The predicted molar refractivity (Wildman–Crippen MR) is 123 cm³/mol. The molecule has 0 spiro atoms. The largest absolute Gasteiger partial charge is 0.508 e. The van der Waals surface area contributed by atoms with Gasteiger partial charge < -0.3 is 20.2 Å². The first-order valence-electron chi connectivity index (χ1n) is 11.2. The summed E-state index contributed by atoms with van der Waals surface area (Å²) in [5, 5.41) is 15.3. The minimum atomic E-state index is -1.63. The highest BCUT2D eigenvalue weighted by Crippen LogP contribution is 2.39. The van der Waals surface area contributed by atoms with Crippen LogP contribution in [0.3, 0.4) is 0 Å². The quantitative estimate of drug-likeness (QED) is 0.592. The van der Waals surface area contributed by atoms with Crippen LogP contribution in [0.5, 0.6) is 5.75 Å². The van der Waals surface area contributed by atoms with Crippen LogP contribution >= 0.6 is 0 Å². The second-order valence-electron chi connectivity index (χ2n) is 9.15. The van der Waals surface area contributed by atoms with Crippen molar-refractivity contribution < 1.29 is 23.9 Å². The average Bonchev–Trinajstić information content (AvgIpc) is 3.09. The van der Waals surface area contributed by atoms with Gasteiger partial charge in [-0.1, -0.05) is 19.9 Å². The molecule has 10 heteroatoms. The van der Waals surface area contributed by atoms with Gasteiger partial charge in [0.1, 0.15) is 17.4 Å². The monoisotopic (exact) mass is 469 g/mol. The van der Waals surface area contributed by atoms with Crippen molar-refractivity contribution in [2.24, 2.45) is 5.92 Å². The Morgan fingerprint density at radius 1 is 1.15 bits per heavy atom. The Bertz CT molecular complexity index is 1180. The highest BCUT2D eigenvalue weighted by molar-refractivity contribution is 6.08. The summed E-state index contributed by atoms with van der Waals surface area (Å²) in [5.41, 5.74) is 0.110. The van der Waals surface area contributed by atoms with Crippen molar-refractivity contribution in [3.63, 3.8) is 0 Å². The number of aromatic nitrogens is 1. The zero-order chi connectivity index (χ0) is 24.8. The van der Waals surface area contributed by atoms with Crippen molar-refractivity contribution in [1.29, 1.82) is 0 Å². The van der Waals surface area contributed by atoms with Crippen LogP contribution in [0.4, 0.5) is 15.0 Å². The average molecular weight is 470 g/mol. The van der Waals surface area contributed by atoms with Gasteiger partial charge in [-0.05, 0) is 43.0 Å². The standard InChI is InChI=1S/C24H28FN5O4/c1-13(2)24(22(33)27-23(34)28-24)17-11-18(25)16(10-19(17)31)21(32)30-7-5-29(6-8-30)20-15(4)9-14(3)12-26-20/h9-13,31H,5-8H2,1-4H3,(H2,27,28,33,34). The molecule has 2 fully saturated rings. The van der Waals surface area contributed by atoms with Gasteiger partial charge >= 0.3 is 6.03 Å².